The van der Waals surface area contributed by atoms with E-state index in [9.17, 15) is 4.79 Å². The van der Waals surface area contributed by atoms with Crippen LogP contribution in [-0.4, -0.2) is 31.7 Å². The Labute approximate surface area is 133 Å². The molecule has 1 aromatic rings. The number of aliphatic hydroxyl groups is 1. The van der Waals surface area contributed by atoms with E-state index in [0.29, 0.717) is 30.3 Å². The van der Waals surface area contributed by atoms with Gasteiger partial charge in [0, 0.05) is 12.2 Å². The standard InChI is InChI=1S/C18H28O4/c1-21-18-14-16(15-20)10-11-17(18)22-13-9-7-5-3-2-4-6-8-12-19/h10-11,14-15,19H,2-9,12-13H2,1H3. The van der Waals surface area contributed by atoms with E-state index in [1.54, 1.807) is 25.3 Å². The number of aliphatic hydroxyl groups excluding tert-OH is 1. The first-order valence-corrected chi connectivity index (χ1v) is 8.18. The molecule has 0 heterocycles. The molecule has 0 aliphatic rings. The van der Waals surface area contributed by atoms with Crippen molar-refractivity contribution in [2.45, 2.75) is 51.4 Å². The summed E-state index contributed by atoms with van der Waals surface area (Å²) < 4.78 is 10.9. The zero-order valence-corrected chi connectivity index (χ0v) is 13.6. The predicted molar refractivity (Wildman–Crippen MR) is 87.9 cm³/mol. The van der Waals surface area contributed by atoms with Gasteiger partial charge in [-0.3, -0.25) is 4.79 Å². The van der Waals surface area contributed by atoms with Crippen LogP contribution in [0.25, 0.3) is 0 Å². The summed E-state index contributed by atoms with van der Waals surface area (Å²) in [5, 5.41) is 8.69. The van der Waals surface area contributed by atoms with Crippen molar-refractivity contribution in [1.82, 2.24) is 0 Å². The monoisotopic (exact) mass is 308 g/mol. The Morgan fingerprint density at radius 2 is 1.59 bits per heavy atom. The third-order valence-corrected chi connectivity index (χ3v) is 3.63. The molecule has 0 aliphatic heterocycles. The third-order valence-electron chi connectivity index (χ3n) is 3.63. The predicted octanol–water partition coefficient (Wildman–Crippen LogP) is 4.00. The minimum atomic E-state index is 0.314. The summed E-state index contributed by atoms with van der Waals surface area (Å²) in [7, 11) is 1.58. The lowest BCUT2D eigenvalue weighted by Crippen LogP contribution is -2.00. The third kappa shape index (κ3) is 7.46. The van der Waals surface area contributed by atoms with E-state index in [2.05, 4.69) is 0 Å². The lowest BCUT2D eigenvalue weighted by Gasteiger charge is -2.11. The van der Waals surface area contributed by atoms with Gasteiger partial charge in [-0.2, -0.15) is 0 Å². The molecule has 124 valence electrons. The molecule has 0 atom stereocenters. The molecule has 0 saturated heterocycles. The van der Waals surface area contributed by atoms with Gasteiger partial charge in [-0.05, 0) is 31.0 Å². The minimum absolute atomic E-state index is 0.314. The zero-order valence-electron chi connectivity index (χ0n) is 13.6. The number of carbonyl (C=O) groups is 1. The number of unbranched alkanes of at least 4 members (excludes halogenated alkanes) is 7. The lowest BCUT2D eigenvalue weighted by atomic mass is 10.1. The Morgan fingerprint density at radius 3 is 2.18 bits per heavy atom. The van der Waals surface area contributed by atoms with Crippen LogP contribution in [-0.2, 0) is 0 Å². The van der Waals surface area contributed by atoms with Crippen molar-refractivity contribution in [2.24, 2.45) is 0 Å². The van der Waals surface area contributed by atoms with Crippen molar-refractivity contribution in [2.75, 3.05) is 20.3 Å². The summed E-state index contributed by atoms with van der Waals surface area (Å²) in [6.45, 7) is 0.982. The van der Waals surface area contributed by atoms with Gasteiger partial charge in [0.15, 0.2) is 11.5 Å². The van der Waals surface area contributed by atoms with Crippen molar-refractivity contribution in [3.63, 3.8) is 0 Å². The van der Waals surface area contributed by atoms with Gasteiger partial charge in [-0.25, -0.2) is 0 Å². The van der Waals surface area contributed by atoms with Gasteiger partial charge in [0.25, 0.3) is 0 Å². The van der Waals surface area contributed by atoms with Crippen LogP contribution in [0.2, 0.25) is 0 Å². The van der Waals surface area contributed by atoms with E-state index < -0.39 is 0 Å². The highest BCUT2D eigenvalue weighted by Crippen LogP contribution is 2.27. The Hall–Kier alpha value is -1.55. The molecular weight excluding hydrogens is 280 g/mol. The highest BCUT2D eigenvalue weighted by molar-refractivity contribution is 5.76. The van der Waals surface area contributed by atoms with Crippen molar-refractivity contribution in [1.29, 1.82) is 0 Å². The lowest BCUT2D eigenvalue weighted by molar-refractivity contribution is 0.112. The number of ether oxygens (including phenoxy) is 2. The molecule has 1 aromatic carbocycles. The molecule has 0 bridgehead atoms. The molecule has 0 spiro atoms. The van der Waals surface area contributed by atoms with E-state index in [4.69, 9.17) is 14.6 Å². The molecule has 4 nitrogen and oxygen atoms in total. The second kappa shape index (κ2) is 12.0. The van der Waals surface area contributed by atoms with Crippen LogP contribution >= 0.6 is 0 Å². The molecule has 4 heteroatoms. The highest BCUT2D eigenvalue weighted by atomic mass is 16.5. The fourth-order valence-corrected chi connectivity index (χ4v) is 2.33. The number of rotatable bonds is 13. The maximum atomic E-state index is 10.7. The molecule has 1 N–H and O–H groups in total. The van der Waals surface area contributed by atoms with Gasteiger partial charge >= 0.3 is 0 Å². The zero-order chi connectivity index (χ0) is 16.0. The number of aldehydes is 1. The van der Waals surface area contributed by atoms with Crippen molar-refractivity contribution >= 4 is 6.29 Å². The maximum absolute atomic E-state index is 10.7. The van der Waals surface area contributed by atoms with Gasteiger partial charge in [0.1, 0.15) is 6.29 Å². The van der Waals surface area contributed by atoms with Gasteiger partial charge < -0.3 is 14.6 Å². The largest absolute Gasteiger partial charge is 0.493 e. The van der Waals surface area contributed by atoms with Gasteiger partial charge in [0.2, 0.25) is 0 Å². The number of benzene rings is 1. The van der Waals surface area contributed by atoms with Crippen LogP contribution in [0.1, 0.15) is 61.7 Å². The molecule has 0 saturated carbocycles. The second-order valence-electron chi connectivity index (χ2n) is 5.43. The highest BCUT2D eigenvalue weighted by Gasteiger charge is 2.05. The Balaban J connectivity index is 2.11. The summed E-state index contributed by atoms with van der Waals surface area (Å²) in [5.41, 5.74) is 0.588. The fourth-order valence-electron chi connectivity index (χ4n) is 2.33. The minimum Gasteiger partial charge on any atom is -0.493 e. The SMILES string of the molecule is COc1cc(C=O)ccc1OCCCCCCCCCCO. The summed E-state index contributed by atoms with van der Waals surface area (Å²) in [5.74, 6) is 1.30. The normalized spacial score (nSPS) is 10.5. The molecule has 0 unspecified atom stereocenters. The molecule has 0 radical (unpaired) electrons. The number of hydrogen-bond donors (Lipinski definition) is 1. The molecule has 22 heavy (non-hydrogen) atoms. The maximum Gasteiger partial charge on any atom is 0.161 e. The van der Waals surface area contributed by atoms with Crippen molar-refractivity contribution in [3.05, 3.63) is 23.8 Å². The molecule has 0 aromatic heterocycles. The van der Waals surface area contributed by atoms with E-state index in [-0.39, 0.29) is 0 Å². The first kappa shape index (κ1) is 18.5. The summed E-state index contributed by atoms with van der Waals surface area (Å²) in [6.07, 6.45) is 10.00. The molecular formula is C18H28O4. The van der Waals surface area contributed by atoms with E-state index >= 15 is 0 Å². The molecule has 0 amide bonds. The topological polar surface area (TPSA) is 55.8 Å². The van der Waals surface area contributed by atoms with Gasteiger partial charge in [0.05, 0.1) is 13.7 Å². The second-order valence-corrected chi connectivity index (χ2v) is 5.43. The molecule has 0 aliphatic carbocycles. The van der Waals surface area contributed by atoms with Gasteiger partial charge in [-0.15, -0.1) is 0 Å². The summed E-state index contributed by atoms with van der Waals surface area (Å²) in [6, 6.07) is 5.20. The summed E-state index contributed by atoms with van der Waals surface area (Å²) in [4.78, 5) is 10.7. The molecule has 0 fully saturated rings. The smallest absolute Gasteiger partial charge is 0.161 e. The van der Waals surface area contributed by atoms with Gasteiger partial charge in [-0.1, -0.05) is 38.5 Å². The first-order chi connectivity index (χ1) is 10.8. The van der Waals surface area contributed by atoms with E-state index in [0.717, 1.165) is 32.0 Å². The fraction of sp³-hybridized carbons (Fsp3) is 0.611. The molecule has 1 rings (SSSR count). The summed E-state index contributed by atoms with van der Waals surface area (Å²) >= 11 is 0. The number of methoxy groups -OCH3 is 1. The van der Waals surface area contributed by atoms with Crippen LogP contribution in [0.5, 0.6) is 11.5 Å². The Kier molecular flexibility index (Phi) is 10.1. The van der Waals surface area contributed by atoms with E-state index in [1.807, 2.05) is 0 Å². The quantitative estimate of drug-likeness (QED) is 0.442. The Bertz CT molecular complexity index is 418. The van der Waals surface area contributed by atoms with Crippen LogP contribution in [0, 0.1) is 0 Å². The Morgan fingerprint density at radius 1 is 0.955 bits per heavy atom. The van der Waals surface area contributed by atoms with Crippen molar-refractivity contribution < 1.29 is 19.4 Å². The first-order valence-electron chi connectivity index (χ1n) is 8.18. The number of carbonyl (C=O) groups excluding carboxylic acids is 1. The van der Waals surface area contributed by atoms with Crippen molar-refractivity contribution in [3.8, 4) is 11.5 Å². The number of hydrogen-bond acceptors (Lipinski definition) is 4. The van der Waals surface area contributed by atoms with E-state index in [1.165, 1.54) is 25.7 Å². The average Bonchev–Trinajstić information content (AvgIpc) is 2.56. The van der Waals surface area contributed by atoms with Crippen LogP contribution in [0.15, 0.2) is 18.2 Å². The van der Waals surface area contributed by atoms with Crippen LogP contribution < -0.4 is 9.47 Å². The average molecular weight is 308 g/mol. The van der Waals surface area contributed by atoms with Crippen LogP contribution in [0.3, 0.4) is 0 Å². The van der Waals surface area contributed by atoms with Crippen LogP contribution in [0.4, 0.5) is 0 Å².